The first-order valence-corrected chi connectivity index (χ1v) is 10.4. The lowest BCUT2D eigenvalue weighted by atomic mass is 10.0. The second-order valence-electron chi connectivity index (χ2n) is 8.41. The van der Waals surface area contributed by atoms with E-state index in [0.29, 0.717) is 45.7 Å². The number of rotatable bonds is 5. The summed E-state index contributed by atoms with van der Waals surface area (Å²) in [5.41, 5.74) is 1.63. The van der Waals surface area contributed by atoms with Crippen LogP contribution in [-0.2, 0) is 0 Å². The Hall–Kier alpha value is -3.53. The molecule has 0 spiro atoms. The summed E-state index contributed by atoms with van der Waals surface area (Å²) in [5, 5.41) is 12.7. The van der Waals surface area contributed by atoms with E-state index in [-0.39, 0.29) is 23.9 Å². The molecule has 31 heavy (non-hydrogen) atoms. The first-order chi connectivity index (χ1) is 15.0. The quantitative estimate of drug-likeness (QED) is 0.682. The van der Waals surface area contributed by atoms with Crippen LogP contribution in [0.5, 0.6) is 5.88 Å². The number of amides is 1. The molecule has 0 bridgehead atoms. The lowest BCUT2D eigenvalue weighted by molar-refractivity contribution is 0.0930. The van der Waals surface area contributed by atoms with Crippen molar-refractivity contribution in [3.05, 3.63) is 65.7 Å². The third-order valence-corrected chi connectivity index (χ3v) is 6.52. The molecule has 2 unspecified atom stereocenters. The van der Waals surface area contributed by atoms with Gasteiger partial charge in [-0.15, -0.1) is 0 Å². The number of nitrogens with one attached hydrogen (secondary N) is 1. The summed E-state index contributed by atoms with van der Waals surface area (Å²) in [5.74, 6) is 1.53. The highest BCUT2D eigenvalue weighted by atomic mass is 19.1. The molecule has 7 heteroatoms. The topological polar surface area (TPSA) is 87.9 Å². The van der Waals surface area contributed by atoms with Crippen molar-refractivity contribution in [2.24, 2.45) is 17.8 Å². The second-order valence-corrected chi connectivity index (χ2v) is 8.41. The molecule has 2 aromatic carbocycles. The first kappa shape index (κ1) is 19.4. The van der Waals surface area contributed by atoms with Crippen LogP contribution in [0.15, 0.2) is 48.8 Å². The number of benzene rings is 2. The molecule has 0 saturated heterocycles. The van der Waals surface area contributed by atoms with E-state index < -0.39 is 0 Å². The molecule has 2 saturated carbocycles. The van der Waals surface area contributed by atoms with Crippen molar-refractivity contribution in [2.45, 2.75) is 31.9 Å². The highest BCUT2D eigenvalue weighted by Crippen LogP contribution is 2.59. The van der Waals surface area contributed by atoms with Gasteiger partial charge in [-0.2, -0.15) is 5.26 Å². The van der Waals surface area contributed by atoms with Crippen molar-refractivity contribution in [1.82, 2.24) is 15.3 Å². The van der Waals surface area contributed by atoms with Gasteiger partial charge in [0.2, 0.25) is 5.88 Å². The average Bonchev–Trinajstić information content (AvgIpc) is 3.29. The van der Waals surface area contributed by atoms with Crippen molar-refractivity contribution in [2.75, 3.05) is 0 Å². The molecule has 5 rings (SSSR count). The van der Waals surface area contributed by atoms with Gasteiger partial charge in [-0.05, 0) is 73.9 Å². The molecule has 6 nitrogen and oxygen atoms in total. The average molecular weight is 416 g/mol. The van der Waals surface area contributed by atoms with Gasteiger partial charge in [-0.1, -0.05) is 0 Å². The van der Waals surface area contributed by atoms with E-state index in [1.54, 1.807) is 30.3 Å². The van der Waals surface area contributed by atoms with E-state index in [2.05, 4.69) is 21.4 Å². The van der Waals surface area contributed by atoms with Gasteiger partial charge in [0.15, 0.2) is 0 Å². The van der Waals surface area contributed by atoms with Crippen LogP contribution in [0.1, 0.15) is 35.7 Å². The standard InChI is InChI=1S/C24H21FN4O2/c1-13(29-23(30)15-4-2-14(11-26)3-5-15)22-19-9-17(10-20(19)22)31-24-18-7-6-16(25)8-21(18)27-12-28-24/h2-8,12-13,17,19-20,22H,9-10H2,1H3,(H,29,30)/t13-,17?,19-,20+,22?/m1/s1. The summed E-state index contributed by atoms with van der Waals surface area (Å²) in [7, 11) is 0. The molecular formula is C24H21FN4O2. The Labute approximate surface area is 179 Å². The second kappa shape index (κ2) is 7.62. The van der Waals surface area contributed by atoms with E-state index in [9.17, 15) is 9.18 Å². The van der Waals surface area contributed by atoms with Crippen molar-refractivity contribution < 1.29 is 13.9 Å². The van der Waals surface area contributed by atoms with E-state index in [0.717, 1.165) is 12.8 Å². The van der Waals surface area contributed by atoms with Crippen molar-refractivity contribution in [3.8, 4) is 11.9 Å². The summed E-state index contributed by atoms with van der Waals surface area (Å²) in [6.07, 6.45) is 3.30. The Morgan fingerprint density at radius 2 is 1.94 bits per heavy atom. The zero-order valence-electron chi connectivity index (χ0n) is 17.0. The Kier molecular flexibility index (Phi) is 4.78. The van der Waals surface area contributed by atoms with Gasteiger partial charge >= 0.3 is 0 Å². The van der Waals surface area contributed by atoms with Crippen LogP contribution in [0.4, 0.5) is 4.39 Å². The normalized spacial score (nSPS) is 24.8. The predicted molar refractivity (Wildman–Crippen MR) is 112 cm³/mol. The SMILES string of the molecule is C[C@@H](NC(=O)c1ccc(C#N)cc1)C1[C@H]2CC(Oc3ncnc4cc(F)ccc34)C[C@@H]12. The molecule has 1 N–H and O–H groups in total. The number of hydrogen-bond donors (Lipinski definition) is 1. The molecular weight excluding hydrogens is 395 g/mol. The largest absolute Gasteiger partial charge is 0.474 e. The number of ether oxygens (including phenoxy) is 1. The number of aromatic nitrogens is 2. The number of nitriles is 1. The van der Waals surface area contributed by atoms with E-state index in [1.807, 2.05) is 6.92 Å². The van der Waals surface area contributed by atoms with Crippen LogP contribution in [0.2, 0.25) is 0 Å². The minimum atomic E-state index is -0.334. The molecule has 156 valence electrons. The molecule has 1 aromatic heterocycles. The summed E-state index contributed by atoms with van der Waals surface area (Å²) >= 11 is 0. The Bertz CT molecular complexity index is 1180. The summed E-state index contributed by atoms with van der Waals surface area (Å²) < 4.78 is 19.6. The van der Waals surface area contributed by atoms with Gasteiger partial charge in [0.1, 0.15) is 18.2 Å². The summed E-state index contributed by atoms with van der Waals surface area (Å²) in [6, 6.07) is 13.2. The number of carbonyl (C=O) groups excluding carboxylic acids is 1. The Morgan fingerprint density at radius 3 is 2.65 bits per heavy atom. The maximum Gasteiger partial charge on any atom is 0.251 e. The number of halogens is 1. The molecule has 0 aliphatic heterocycles. The zero-order valence-corrected chi connectivity index (χ0v) is 17.0. The maximum atomic E-state index is 13.4. The highest BCUT2D eigenvalue weighted by molar-refractivity contribution is 5.94. The first-order valence-electron chi connectivity index (χ1n) is 10.4. The smallest absolute Gasteiger partial charge is 0.251 e. The van der Waals surface area contributed by atoms with Crippen LogP contribution in [-0.4, -0.2) is 28.0 Å². The lowest BCUT2D eigenvalue weighted by Crippen LogP contribution is -2.36. The van der Waals surface area contributed by atoms with E-state index >= 15 is 0 Å². The van der Waals surface area contributed by atoms with Gasteiger partial charge < -0.3 is 10.1 Å². The number of carbonyl (C=O) groups is 1. The predicted octanol–water partition coefficient (Wildman–Crippen LogP) is 3.86. The van der Waals surface area contributed by atoms with Crippen molar-refractivity contribution in [1.29, 1.82) is 5.26 Å². The third-order valence-electron chi connectivity index (χ3n) is 6.52. The maximum absolute atomic E-state index is 13.4. The van der Waals surface area contributed by atoms with Crippen LogP contribution in [0.25, 0.3) is 10.9 Å². The fourth-order valence-corrected chi connectivity index (χ4v) is 5.02. The van der Waals surface area contributed by atoms with Gasteiger partial charge in [-0.25, -0.2) is 14.4 Å². The van der Waals surface area contributed by atoms with Crippen LogP contribution < -0.4 is 10.1 Å². The molecule has 2 aliphatic rings. The van der Waals surface area contributed by atoms with Gasteiger partial charge in [0.25, 0.3) is 5.91 Å². The Balaban J connectivity index is 1.18. The molecule has 2 fully saturated rings. The zero-order chi connectivity index (χ0) is 21.5. The number of fused-ring (bicyclic) bond motifs is 2. The monoisotopic (exact) mass is 416 g/mol. The van der Waals surface area contributed by atoms with Crippen LogP contribution in [0, 0.1) is 34.9 Å². The van der Waals surface area contributed by atoms with Crippen LogP contribution >= 0.6 is 0 Å². The lowest BCUT2D eigenvalue weighted by Gasteiger charge is -2.20. The van der Waals surface area contributed by atoms with Gasteiger partial charge in [-0.3, -0.25) is 4.79 Å². The fourth-order valence-electron chi connectivity index (χ4n) is 5.02. The van der Waals surface area contributed by atoms with E-state index in [4.69, 9.17) is 10.00 Å². The van der Waals surface area contributed by atoms with Crippen LogP contribution in [0.3, 0.4) is 0 Å². The third kappa shape index (κ3) is 3.70. The number of nitrogens with zero attached hydrogens (tertiary/aromatic N) is 3. The Morgan fingerprint density at radius 1 is 1.19 bits per heavy atom. The molecule has 3 aromatic rings. The van der Waals surface area contributed by atoms with Gasteiger partial charge in [0, 0.05) is 17.7 Å². The summed E-state index contributed by atoms with van der Waals surface area (Å²) in [4.78, 5) is 20.9. The fraction of sp³-hybridized carbons (Fsp3) is 0.333. The van der Waals surface area contributed by atoms with Gasteiger partial charge in [0.05, 0.1) is 22.5 Å². The minimum Gasteiger partial charge on any atom is -0.474 e. The van der Waals surface area contributed by atoms with E-state index in [1.165, 1.54) is 18.5 Å². The highest BCUT2D eigenvalue weighted by Gasteiger charge is 2.58. The molecule has 0 radical (unpaired) electrons. The van der Waals surface area contributed by atoms with Crippen molar-refractivity contribution in [3.63, 3.8) is 0 Å². The molecule has 1 heterocycles. The molecule has 2 aliphatic carbocycles. The minimum absolute atomic E-state index is 0.0656. The summed E-state index contributed by atoms with van der Waals surface area (Å²) in [6.45, 7) is 2.05. The van der Waals surface area contributed by atoms with Crippen molar-refractivity contribution >= 4 is 16.8 Å². The molecule has 1 amide bonds. The number of hydrogen-bond acceptors (Lipinski definition) is 5. The molecule has 5 atom stereocenters.